The van der Waals surface area contributed by atoms with E-state index in [9.17, 15) is 0 Å². The lowest BCUT2D eigenvalue weighted by molar-refractivity contribution is 0.479. The topological polar surface area (TPSA) is 9.23 Å². The van der Waals surface area contributed by atoms with E-state index in [0.717, 1.165) is 10.9 Å². The van der Waals surface area contributed by atoms with E-state index in [1.54, 1.807) is 12.1 Å². The third-order valence-electron chi connectivity index (χ3n) is 2.52. The van der Waals surface area contributed by atoms with Gasteiger partial charge in [0.25, 0.3) is 0 Å². The van der Waals surface area contributed by atoms with Gasteiger partial charge in [-0.2, -0.15) is 0 Å². The Morgan fingerprint density at radius 1 is 1.06 bits per heavy atom. The van der Waals surface area contributed by atoms with Crippen LogP contribution in [0.2, 0.25) is 10.0 Å². The average molecular weight is 346 g/mol. The van der Waals surface area contributed by atoms with Gasteiger partial charge in [0.1, 0.15) is 11.5 Å². The van der Waals surface area contributed by atoms with Gasteiger partial charge in [-0.15, -0.1) is 0 Å². The van der Waals surface area contributed by atoms with Crippen molar-refractivity contribution in [2.45, 2.75) is 13.3 Å². The molecule has 2 rings (SSSR count). The molecule has 0 aliphatic rings. The molecule has 0 unspecified atom stereocenters. The number of benzene rings is 2. The Bertz CT molecular complexity index is 570. The molecule has 0 aliphatic heterocycles. The Morgan fingerprint density at radius 3 is 2.56 bits per heavy atom. The number of aryl methyl sites for hydroxylation is 1. The maximum atomic E-state index is 6.12. The molecular weight excluding hydrogens is 335 g/mol. The molecule has 2 aromatic carbocycles. The van der Waals surface area contributed by atoms with Crippen LogP contribution in [0.25, 0.3) is 0 Å². The highest BCUT2D eigenvalue weighted by molar-refractivity contribution is 9.10. The van der Waals surface area contributed by atoms with Crippen molar-refractivity contribution < 1.29 is 4.74 Å². The van der Waals surface area contributed by atoms with E-state index in [4.69, 9.17) is 27.9 Å². The van der Waals surface area contributed by atoms with Crippen LogP contribution in [0, 0.1) is 0 Å². The SMILES string of the molecule is CCc1ccc(Cl)c(Oc2cc(Cl)ccc2Br)c1. The quantitative estimate of drug-likeness (QED) is 0.652. The number of halogens is 3. The average Bonchev–Trinajstić information content (AvgIpc) is 2.36. The van der Waals surface area contributed by atoms with Gasteiger partial charge >= 0.3 is 0 Å². The summed E-state index contributed by atoms with van der Waals surface area (Å²) in [5.74, 6) is 1.29. The van der Waals surface area contributed by atoms with Gasteiger partial charge < -0.3 is 4.74 Å². The molecule has 18 heavy (non-hydrogen) atoms. The van der Waals surface area contributed by atoms with Gasteiger partial charge in [-0.3, -0.25) is 0 Å². The first-order valence-corrected chi connectivity index (χ1v) is 7.06. The van der Waals surface area contributed by atoms with E-state index < -0.39 is 0 Å². The summed E-state index contributed by atoms with van der Waals surface area (Å²) in [4.78, 5) is 0. The van der Waals surface area contributed by atoms with E-state index in [1.807, 2.05) is 24.3 Å². The van der Waals surface area contributed by atoms with E-state index in [2.05, 4.69) is 22.9 Å². The molecule has 1 nitrogen and oxygen atoms in total. The van der Waals surface area contributed by atoms with Crippen molar-refractivity contribution in [3.05, 3.63) is 56.5 Å². The Morgan fingerprint density at radius 2 is 1.83 bits per heavy atom. The Hall–Kier alpha value is -0.700. The lowest BCUT2D eigenvalue weighted by atomic mass is 10.2. The molecule has 0 radical (unpaired) electrons. The molecule has 2 aromatic rings. The third kappa shape index (κ3) is 3.19. The summed E-state index contributed by atoms with van der Waals surface area (Å²) in [7, 11) is 0. The second kappa shape index (κ2) is 5.96. The zero-order valence-electron chi connectivity index (χ0n) is 9.71. The minimum absolute atomic E-state index is 0.582. The zero-order valence-corrected chi connectivity index (χ0v) is 12.8. The van der Waals surface area contributed by atoms with Crippen LogP contribution in [0.4, 0.5) is 0 Å². The molecule has 0 fully saturated rings. The van der Waals surface area contributed by atoms with Crippen LogP contribution in [0.3, 0.4) is 0 Å². The maximum absolute atomic E-state index is 6.12. The van der Waals surface area contributed by atoms with Crippen molar-refractivity contribution in [1.29, 1.82) is 0 Å². The van der Waals surface area contributed by atoms with Crippen molar-refractivity contribution in [3.8, 4) is 11.5 Å². The normalized spacial score (nSPS) is 10.4. The van der Waals surface area contributed by atoms with Crippen molar-refractivity contribution in [1.82, 2.24) is 0 Å². The first-order chi connectivity index (χ1) is 8.60. The predicted octanol–water partition coefficient (Wildman–Crippen LogP) is 6.11. The van der Waals surface area contributed by atoms with Gasteiger partial charge in [0, 0.05) is 11.1 Å². The van der Waals surface area contributed by atoms with E-state index >= 15 is 0 Å². The molecule has 94 valence electrons. The summed E-state index contributed by atoms with van der Waals surface area (Å²) in [6, 6.07) is 11.2. The van der Waals surface area contributed by atoms with Crippen LogP contribution >= 0.6 is 39.1 Å². The minimum atomic E-state index is 0.582. The summed E-state index contributed by atoms with van der Waals surface area (Å²) in [5.41, 5.74) is 1.17. The van der Waals surface area contributed by atoms with E-state index in [1.165, 1.54) is 5.56 Å². The molecule has 4 heteroatoms. The van der Waals surface area contributed by atoms with Gasteiger partial charge in [0.15, 0.2) is 0 Å². The molecule has 0 bridgehead atoms. The van der Waals surface area contributed by atoms with Crippen molar-refractivity contribution in [2.24, 2.45) is 0 Å². The first kappa shape index (κ1) is 13.7. The summed E-state index contributed by atoms with van der Waals surface area (Å²) in [5, 5.41) is 1.20. The summed E-state index contributed by atoms with van der Waals surface area (Å²) >= 11 is 15.5. The van der Waals surface area contributed by atoms with Gasteiger partial charge in [-0.1, -0.05) is 36.2 Å². The highest BCUT2D eigenvalue weighted by atomic mass is 79.9. The van der Waals surface area contributed by atoms with Crippen molar-refractivity contribution >= 4 is 39.1 Å². The second-order valence-electron chi connectivity index (χ2n) is 3.80. The van der Waals surface area contributed by atoms with Gasteiger partial charge in [0.05, 0.1) is 9.50 Å². The van der Waals surface area contributed by atoms with E-state index in [0.29, 0.717) is 21.5 Å². The summed E-state index contributed by atoms with van der Waals surface area (Å²) < 4.78 is 6.64. The standard InChI is InChI=1S/C14H11BrCl2O/c1-2-9-3-6-12(17)14(7-9)18-13-8-10(16)4-5-11(13)15/h3-8H,2H2,1H3. The highest BCUT2D eigenvalue weighted by Gasteiger charge is 2.08. The van der Waals surface area contributed by atoms with Crippen LogP contribution < -0.4 is 4.74 Å². The van der Waals surface area contributed by atoms with Crippen LogP contribution in [-0.2, 0) is 6.42 Å². The number of rotatable bonds is 3. The molecule has 0 amide bonds. The maximum Gasteiger partial charge on any atom is 0.146 e. The van der Waals surface area contributed by atoms with Gasteiger partial charge in [-0.25, -0.2) is 0 Å². The van der Waals surface area contributed by atoms with Crippen LogP contribution in [0.15, 0.2) is 40.9 Å². The number of hydrogen-bond acceptors (Lipinski definition) is 1. The monoisotopic (exact) mass is 344 g/mol. The fraction of sp³-hybridized carbons (Fsp3) is 0.143. The summed E-state index contributed by atoms with van der Waals surface area (Å²) in [6.07, 6.45) is 0.935. The lowest BCUT2D eigenvalue weighted by Crippen LogP contribution is -1.89. The second-order valence-corrected chi connectivity index (χ2v) is 5.49. The molecule has 0 N–H and O–H groups in total. The van der Waals surface area contributed by atoms with Crippen molar-refractivity contribution in [2.75, 3.05) is 0 Å². The van der Waals surface area contributed by atoms with E-state index in [-0.39, 0.29) is 0 Å². The Balaban J connectivity index is 2.36. The van der Waals surface area contributed by atoms with Gasteiger partial charge in [-0.05, 0) is 52.2 Å². The molecule has 0 saturated heterocycles. The predicted molar refractivity (Wildman–Crippen MR) is 80.1 cm³/mol. The fourth-order valence-electron chi connectivity index (χ4n) is 1.52. The minimum Gasteiger partial charge on any atom is -0.455 e. The van der Waals surface area contributed by atoms with Crippen LogP contribution in [0.5, 0.6) is 11.5 Å². The first-order valence-electron chi connectivity index (χ1n) is 5.51. The smallest absolute Gasteiger partial charge is 0.146 e. The largest absolute Gasteiger partial charge is 0.455 e. The lowest BCUT2D eigenvalue weighted by Gasteiger charge is -2.10. The van der Waals surface area contributed by atoms with Crippen LogP contribution in [-0.4, -0.2) is 0 Å². The van der Waals surface area contributed by atoms with Crippen molar-refractivity contribution in [3.63, 3.8) is 0 Å². The molecule has 0 aromatic heterocycles. The zero-order chi connectivity index (χ0) is 13.1. The van der Waals surface area contributed by atoms with Crippen LogP contribution in [0.1, 0.15) is 12.5 Å². The molecular formula is C14H11BrCl2O. The Kier molecular flexibility index (Phi) is 4.55. The molecule has 0 atom stereocenters. The number of hydrogen-bond donors (Lipinski definition) is 0. The number of ether oxygens (including phenoxy) is 1. The Labute approximate surface area is 125 Å². The third-order valence-corrected chi connectivity index (χ3v) is 3.72. The molecule has 0 aliphatic carbocycles. The molecule has 0 saturated carbocycles. The highest BCUT2D eigenvalue weighted by Crippen LogP contribution is 2.35. The molecule has 0 heterocycles. The summed E-state index contributed by atoms with van der Waals surface area (Å²) in [6.45, 7) is 2.09. The molecule has 0 spiro atoms. The van der Waals surface area contributed by atoms with Gasteiger partial charge in [0.2, 0.25) is 0 Å². The fourth-order valence-corrected chi connectivity index (χ4v) is 2.17.